The summed E-state index contributed by atoms with van der Waals surface area (Å²) >= 11 is 0. The molecule has 62 valence electrons. The number of hydrogen-bond donors (Lipinski definition) is 0. The standard InChI is InChI=1S/C9H22Si/c1-3-5-6-8-9(10)7-4-2/h9H,3-8H2,1-2,10H3. The third-order valence-electron chi connectivity index (χ3n) is 2.08. The summed E-state index contributed by atoms with van der Waals surface area (Å²) in [5.41, 5.74) is 1.11. The molecule has 0 aliphatic carbocycles. The highest BCUT2D eigenvalue weighted by molar-refractivity contribution is 6.11. The van der Waals surface area contributed by atoms with Crippen LogP contribution in [0.25, 0.3) is 0 Å². The van der Waals surface area contributed by atoms with Crippen molar-refractivity contribution in [2.24, 2.45) is 0 Å². The predicted octanol–water partition coefficient (Wildman–Crippen LogP) is 2.52. The predicted molar refractivity (Wildman–Crippen MR) is 52.7 cm³/mol. The summed E-state index contributed by atoms with van der Waals surface area (Å²) in [6.07, 6.45) is 8.68. The zero-order chi connectivity index (χ0) is 7.82. The van der Waals surface area contributed by atoms with Gasteiger partial charge in [0.25, 0.3) is 0 Å². The van der Waals surface area contributed by atoms with E-state index in [-0.39, 0.29) is 0 Å². The summed E-state index contributed by atoms with van der Waals surface area (Å²) in [6.45, 7) is 4.58. The Labute approximate surface area is 68.8 Å². The molecule has 0 rings (SSSR count). The van der Waals surface area contributed by atoms with Gasteiger partial charge >= 0.3 is 0 Å². The molecule has 0 fully saturated rings. The number of rotatable bonds is 6. The normalized spacial score (nSPS) is 13.8. The molecule has 0 N–H and O–H groups in total. The van der Waals surface area contributed by atoms with Crippen LogP contribution in [0.1, 0.15) is 52.4 Å². The average molecular weight is 158 g/mol. The first-order chi connectivity index (χ1) is 4.81. The Bertz CT molecular complexity index is 61.7. The van der Waals surface area contributed by atoms with Crippen molar-refractivity contribution in [1.82, 2.24) is 0 Å². The molecule has 0 saturated heterocycles. The van der Waals surface area contributed by atoms with Crippen LogP contribution in [0.4, 0.5) is 0 Å². The Kier molecular flexibility index (Phi) is 7.48. The lowest BCUT2D eigenvalue weighted by atomic mass is 10.1. The van der Waals surface area contributed by atoms with Crippen LogP contribution in [-0.2, 0) is 0 Å². The zero-order valence-corrected chi connectivity index (χ0v) is 9.82. The molecule has 0 saturated carbocycles. The van der Waals surface area contributed by atoms with Gasteiger partial charge in [0.05, 0.1) is 0 Å². The molecule has 0 aliphatic heterocycles. The molecule has 1 atom stereocenters. The Hall–Kier alpha value is 0.217. The number of hydrogen-bond acceptors (Lipinski definition) is 0. The van der Waals surface area contributed by atoms with E-state index < -0.39 is 0 Å². The molecule has 0 aromatic heterocycles. The van der Waals surface area contributed by atoms with Crippen LogP contribution in [0.5, 0.6) is 0 Å². The van der Waals surface area contributed by atoms with Crippen LogP contribution in [-0.4, -0.2) is 10.2 Å². The Morgan fingerprint density at radius 1 is 1.00 bits per heavy atom. The second-order valence-electron chi connectivity index (χ2n) is 3.39. The molecule has 1 heteroatoms. The van der Waals surface area contributed by atoms with Crippen LogP contribution < -0.4 is 0 Å². The molecular weight excluding hydrogens is 136 g/mol. The molecule has 0 radical (unpaired) electrons. The highest BCUT2D eigenvalue weighted by Crippen LogP contribution is 2.16. The van der Waals surface area contributed by atoms with Crippen LogP contribution in [0, 0.1) is 0 Å². The fourth-order valence-electron chi connectivity index (χ4n) is 1.38. The maximum Gasteiger partial charge on any atom is 0.00672 e. The maximum atomic E-state index is 2.30. The Morgan fingerprint density at radius 2 is 1.70 bits per heavy atom. The smallest absolute Gasteiger partial charge is 0.00672 e. The molecule has 0 heterocycles. The minimum atomic E-state index is 1.11. The molecule has 0 aromatic carbocycles. The highest BCUT2D eigenvalue weighted by Gasteiger charge is 1.98. The molecular formula is C9H22Si. The van der Waals surface area contributed by atoms with Crippen molar-refractivity contribution in [3.63, 3.8) is 0 Å². The molecule has 0 aromatic rings. The largest absolute Gasteiger partial charge is 0.0654 e. The summed E-state index contributed by atoms with van der Waals surface area (Å²) in [4.78, 5) is 0. The lowest BCUT2D eigenvalue weighted by Crippen LogP contribution is -1.91. The molecule has 0 nitrogen and oxygen atoms in total. The third-order valence-corrected chi connectivity index (χ3v) is 3.24. The van der Waals surface area contributed by atoms with E-state index in [0.717, 1.165) is 5.54 Å². The Morgan fingerprint density at radius 3 is 2.20 bits per heavy atom. The van der Waals surface area contributed by atoms with Crippen LogP contribution in [0.2, 0.25) is 5.54 Å². The van der Waals surface area contributed by atoms with E-state index in [1.807, 2.05) is 0 Å². The van der Waals surface area contributed by atoms with Crippen molar-refractivity contribution in [3.8, 4) is 0 Å². The molecule has 0 aliphatic rings. The lowest BCUT2D eigenvalue weighted by molar-refractivity contribution is 0.601. The van der Waals surface area contributed by atoms with Gasteiger partial charge in [0.1, 0.15) is 0 Å². The van der Waals surface area contributed by atoms with Gasteiger partial charge in [0.2, 0.25) is 0 Å². The fourth-order valence-corrected chi connectivity index (χ4v) is 2.37. The second-order valence-corrected chi connectivity index (χ2v) is 5.02. The summed E-state index contributed by atoms with van der Waals surface area (Å²) in [7, 11) is 1.42. The third kappa shape index (κ3) is 6.34. The molecule has 10 heavy (non-hydrogen) atoms. The van der Waals surface area contributed by atoms with Crippen molar-refractivity contribution in [2.45, 2.75) is 57.9 Å². The Balaban J connectivity index is 2.97. The summed E-state index contributed by atoms with van der Waals surface area (Å²) < 4.78 is 0. The van der Waals surface area contributed by atoms with Crippen LogP contribution in [0.15, 0.2) is 0 Å². The minimum Gasteiger partial charge on any atom is -0.0654 e. The van der Waals surface area contributed by atoms with Crippen molar-refractivity contribution in [2.75, 3.05) is 0 Å². The minimum absolute atomic E-state index is 1.11. The van der Waals surface area contributed by atoms with Gasteiger partial charge in [-0.1, -0.05) is 57.9 Å². The van der Waals surface area contributed by atoms with Crippen LogP contribution >= 0.6 is 0 Å². The van der Waals surface area contributed by atoms with Gasteiger partial charge in [-0.3, -0.25) is 0 Å². The highest BCUT2D eigenvalue weighted by atomic mass is 28.1. The average Bonchev–Trinajstić information content (AvgIpc) is 1.89. The van der Waals surface area contributed by atoms with Gasteiger partial charge in [-0.05, 0) is 0 Å². The van der Waals surface area contributed by atoms with Gasteiger partial charge in [-0.25, -0.2) is 0 Å². The topological polar surface area (TPSA) is 0 Å². The number of unbranched alkanes of at least 4 members (excludes halogenated alkanes) is 2. The van der Waals surface area contributed by atoms with E-state index in [4.69, 9.17) is 0 Å². The van der Waals surface area contributed by atoms with E-state index in [0.29, 0.717) is 0 Å². The van der Waals surface area contributed by atoms with Crippen LogP contribution in [0.3, 0.4) is 0 Å². The summed E-state index contributed by atoms with van der Waals surface area (Å²) in [5, 5.41) is 0. The quantitative estimate of drug-likeness (QED) is 0.412. The van der Waals surface area contributed by atoms with Crippen molar-refractivity contribution in [1.29, 1.82) is 0 Å². The molecule has 0 spiro atoms. The van der Waals surface area contributed by atoms with Crippen molar-refractivity contribution in [3.05, 3.63) is 0 Å². The fraction of sp³-hybridized carbons (Fsp3) is 1.00. The van der Waals surface area contributed by atoms with E-state index in [9.17, 15) is 0 Å². The van der Waals surface area contributed by atoms with E-state index in [2.05, 4.69) is 13.8 Å². The first kappa shape index (κ1) is 10.2. The molecule has 0 bridgehead atoms. The first-order valence-electron chi connectivity index (χ1n) is 4.81. The van der Waals surface area contributed by atoms with Gasteiger partial charge < -0.3 is 0 Å². The molecule has 0 amide bonds. The summed E-state index contributed by atoms with van der Waals surface area (Å²) in [5.74, 6) is 0. The SMILES string of the molecule is CCCCCC([SiH3])CCC. The maximum absolute atomic E-state index is 2.30. The van der Waals surface area contributed by atoms with E-state index >= 15 is 0 Å². The summed E-state index contributed by atoms with van der Waals surface area (Å²) in [6, 6.07) is 0. The van der Waals surface area contributed by atoms with Gasteiger partial charge in [0.15, 0.2) is 0 Å². The lowest BCUT2D eigenvalue weighted by Gasteiger charge is -2.07. The van der Waals surface area contributed by atoms with Gasteiger partial charge in [-0.15, -0.1) is 0 Å². The van der Waals surface area contributed by atoms with Crippen molar-refractivity contribution >= 4 is 10.2 Å². The van der Waals surface area contributed by atoms with Crippen molar-refractivity contribution < 1.29 is 0 Å². The monoisotopic (exact) mass is 158 g/mol. The van der Waals surface area contributed by atoms with Gasteiger partial charge in [-0.2, -0.15) is 0 Å². The zero-order valence-electron chi connectivity index (χ0n) is 7.82. The first-order valence-corrected chi connectivity index (χ1v) is 5.96. The van der Waals surface area contributed by atoms with E-state index in [1.165, 1.54) is 48.8 Å². The van der Waals surface area contributed by atoms with Gasteiger partial charge in [0, 0.05) is 10.2 Å². The second kappa shape index (κ2) is 7.33. The van der Waals surface area contributed by atoms with E-state index in [1.54, 1.807) is 0 Å². The molecule has 1 unspecified atom stereocenters.